The van der Waals surface area contributed by atoms with E-state index < -0.39 is 0 Å². The smallest absolute Gasteiger partial charge is 0.130 e. The molecule has 0 saturated heterocycles. The number of aromatic nitrogens is 1. The summed E-state index contributed by atoms with van der Waals surface area (Å²) in [6.45, 7) is 6.01. The Morgan fingerprint density at radius 2 is 1.80 bits per heavy atom. The number of hydrogen-bond donors (Lipinski definition) is 1. The lowest BCUT2D eigenvalue weighted by Crippen LogP contribution is -2.02. The van der Waals surface area contributed by atoms with Gasteiger partial charge in [0.2, 0.25) is 0 Å². The van der Waals surface area contributed by atoms with Crippen molar-refractivity contribution in [3.63, 3.8) is 0 Å². The molecule has 0 spiro atoms. The lowest BCUT2D eigenvalue weighted by molar-refractivity contribution is 0.566. The largest absolute Gasteiger partial charge is 0.383 e. The van der Waals surface area contributed by atoms with Crippen LogP contribution in [0, 0.1) is 0 Å². The zero-order valence-corrected chi connectivity index (χ0v) is 18.3. The molecule has 0 radical (unpaired) electrons. The summed E-state index contributed by atoms with van der Waals surface area (Å²) in [7, 11) is 4.03. The van der Waals surface area contributed by atoms with Crippen LogP contribution in [0.3, 0.4) is 0 Å². The van der Waals surface area contributed by atoms with Crippen LogP contribution in [0.5, 0.6) is 0 Å². The minimum atomic E-state index is 0.829. The lowest BCUT2D eigenvalue weighted by Gasteiger charge is -2.13. The third-order valence-electron chi connectivity index (χ3n) is 4.99. The van der Waals surface area contributed by atoms with Gasteiger partial charge in [-0.05, 0) is 70.1 Å². The summed E-state index contributed by atoms with van der Waals surface area (Å²) in [4.78, 5) is 6.65. The number of pyridine rings is 1. The van der Waals surface area contributed by atoms with E-state index in [9.17, 15) is 0 Å². The summed E-state index contributed by atoms with van der Waals surface area (Å²) in [5.41, 5.74) is 4.43. The molecule has 0 bridgehead atoms. The maximum atomic E-state index is 4.62. The van der Waals surface area contributed by atoms with Gasteiger partial charge < -0.3 is 10.2 Å². The van der Waals surface area contributed by atoms with Crippen molar-refractivity contribution in [1.29, 1.82) is 0 Å². The van der Waals surface area contributed by atoms with Crippen LogP contribution in [0.25, 0.3) is 32.1 Å². The average molecular weight is 412 g/mol. The van der Waals surface area contributed by atoms with Crippen molar-refractivity contribution < 1.29 is 0 Å². The minimum absolute atomic E-state index is 0.829. The Morgan fingerprint density at radius 1 is 1.00 bits per heavy atom. The van der Waals surface area contributed by atoms with E-state index in [-0.39, 0.29) is 0 Å². The second-order valence-corrected chi connectivity index (χ2v) is 8.33. The van der Waals surface area contributed by atoms with Gasteiger partial charge in [-0.1, -0.05) is 36.9 Å². The minimum Gasteiger partial charge on any atom is -0.383 e. The zero-order valence-electron chi connectivity index (χ0n) is 17.5. The third-order valence-corrected chi connectivity index (χ3v) is 5.88. The van der Waals surface area contributed by atoms with Crippen LogP contribution in [0.1, 0.15) is 18.1 Å². The van der Waals surface area contributed by atoms with Crippen molar-refractivity contribution in [1.82, 2.24) is 9.88 Å². The molecule has 1 N–H and O–H groups in total. The maximum Gasteiger partial charge on any atom is 0.130 e. The van der Waals surface area contributed by atoms with Crippen LogP contribution in [0.15, 0.2) is 85.0 Å². The monoisotopic (exact) mass is 411 g/mol. The number of rotatable bonds is 6. The van der Waals surface area contributed by atoms with E-state index in [0.29, 0.717) is 0 Å². The van der Waals surface area contributed by atoms with Crippen molar-refractivity contribution in [2.45, 2.75) is 6.92 Å². The highest BCUT2D eigenvalue weighted by molar-refractivity contribution is 7.17. The number of allylic oxidation sites excluding steroid dienone is 3. The Bertz CT molecular complexity index is 1280. The normalized spacial score (nSPS) is 12.4. The van der Waals surface area contributed by atoms with Crippen molar-refractivity contribution in [2.24, 2.45) is 0 Å². The van der Waals surface area contributed by atoms with Crippen LogP contribution in [0.4, 0.5) is 5.82 Å². The Morgan fingerprint density at radius 3 is 2.57 bits per heavy atom. The molecule has 0 aliphatic rings. The quantitative estimate of drug-likeness (QED) is 0.346. The van der Waals surface area contributed by atoms with Gasteiger partial charge in [0.1, 0.15) is 5.82 Å². The summed E-state index contributed by atoms with van der Waals surface area (Å²) >= 11 is 1.76. The number of thiophene rings is 1. The molecule has 0 atom stereocenters. The molecule has 0 fully saturated rings. The summed E-state index contributed by atoms with van der Waals surface area (Å²) in [5, 5.41) is 9.14. The summed E-state index contributed by atoms with van der Waals surface area (Å²) in [6.07, 6.45) is 7.97. The molecule has 2 aromatic carbocycles. The van der Waals surface area contributed by atoms with E-state index in [2.05, 4.69) is 83.1 Å². The second kappa shape index (κ2) is 8.56. The highest BCUT2D eigenvalue weighted by Crippen LogP contribution is 2.28. The van der Waals surface area contributed by atoms with Crippen LogP contribution in [0.2, 0.25) is 0 Å². The highest BCUT2D eigenvalue weighted by atomic mass is 32.1. The second-order valence-electron chi connectivity index (χ2n) is 7.38. The predicted molar refractivity (Wildman–Crippen MR) is 133 cm³/mol. The molecule has 0 amide bonds. The average Bonchev–Trinajstić information content (AvgIpc) is 3.23. The van der Waals surface area contributed by atoms with Crippen LogP contribution >= 0.6 is 11.3 Å². The van der Waals surface area contributed by atoms with Crippen molar-refractivity contribution >= 4 is 49.3 Å². The van der Waals surface area contributed by atoms with E-state index in [4.69, 9.17) is 0 Å². The molecule has 3 nitrogen and oxygen atoms in total. The first-order valence-corrected chi connectivity index (χ1v) is 10.8. The Labute approximate surface area is 181 Å². The first-order valence-electron chi connectivity index (χ1n) is 9.89. The van der Waals surface area contributed by atoms with Gasteiger partial charge in [0.05, 0.1) is 0 Å². The molecule has 4 rings (SSSR count). The van der Waals surface area contributed by atoms with Crippen LogP contribution < -0.4 is 5.32 Å². The lowest BCUT2D eigenvalue weighted by atomic mass is 10.0. The number of nitrogens with one attached hydrogen (secondary N) is 1. The van der Waals surface area contributed by atoms with Gasteiger partial charge in [0.15, 0.2) is 0 Å². The van der Waals surface area contributed by atoms with Gasteiger partial charge in [-0.25, -0.2) is 4.98 Å². The summed E-state index contributed by atoms with van der Waals surface area (Å²) in [5.74, 6) is 0.829. The van der Waals surface area contributed by atoms with Gasteiger partial charge in [-0.3, -0.25) is 0 Å². The topological polar surface area (TPSA) is 28.2 Å². The molecule has 4 heteroatoms. The van der Waals surface area contributed by atoms with Crippen LogP contribution in [-0.2, 0) is 0 Å². The van der Waals surface area contributed by atoms with Gasteiger partial charge in [-0.15, -0.1) is 11.3 Å². The molecule has 0 aliphatic heterocycles. The number of nitrogens with zero attached hydrogens (tertiary/aromatic N) is 2. The molecular weight excluding hydrogens is 386 g/mol. The van der Waals surface area contributed by atoms with Gasteiger partial charge in [0, 0.05) is 42.3 Å². The van der Waals surface area contributed by atoms with E-state index in [1.807, 2.05) is 38.2 Å². The van der Waals surface area contributed by atoms with E-state index in [0.717, 1.165) is 39.0 Å². The molecule has 0 saturated carbocycles. The number of fused-ring (bicyclic) bond motifs is 2. The van der Waals surface area contributed by atoms with Gasteiger partial charge >= 0.3 is 0 Å². The molecule has 2 heterocycles. The highest BCUT2D eigenvalue weighted by Gasteiger charge is 2.07. The van der Waals surface area contributed by atoms with E-state index in [1.165, 1.54) is 10.1 Å². The molecule has 30 heavy (non-hydrogen) atoms. The number of anilines is 1. The predicted octanol–water partition coefficient (Wildman–Crippen LogP) is 7.01. The molecule has 2 aromatic heterocycles. The van der Waals surface area contributed by atoms with Crippen LogP contribution in [-0.4, -0.2) is 24.0 Å². The third kappa shape index (κ3) is 4.14. The SMILES string of the molecule is C=C/C(=C\N(C)C)c1ccc2cnc(N/C(=C/C)c3ccc4sccc4c3)cc2c1. The Balaban J connectivity index is 1.67. The number of hydrogen-bond acceptors (Lipinski definition) is 4. The Hall–Kier alpha value is -3.37. The van der Waals surface area contributed by atoms with Crippen molar-refractivity contribution in [3.05, 3.63) is 96.2 Å². The summed E-state index contributed by atoms with van der Waals surface area (Å²) < 4.78 is 1.30. The first kappa shape index (κ1) is 19.9. The van der Waals surface area contributed by atoms with Crippen molar-refractivity contribution in [2.75, 3.05) is 19.4 Å². The fraction of sp³-hybridized carbons (Fsp3) is 0.115. The molecule has 4 aromatic rings. The molecule has 150 valence electrons. The fourth-order valence-corrected chi connectivity index (χ4v) is 4.27. The van der Waals surface area contributed by atoms with Gasteiger partial charge in [0.25, 0.3) is 0 Å². The van der Waals surface area contributed by atoms with E-state index >= 15 is 0 Å². The van der Waals surface area contributed by atoms with Crippen molar-refractivity contribution in [3.8, 4) is 0 Å². The fourth-order valence-electron chi connectivity index (χ4n) is 3.50. The summed E-state index contributed by atoms with van der Waals surface area (Å²) in [6, 6.07) is 17.2. The Kier molecular flexibility index (Phi) is 5.68. The van der Waals surface area contributed by atoms with Gasteiger partial charge in [-0.2, -0.15) is 0 Å². The first-order chi connectivity index (χ1) is 14.6. The van der Waals surface area contributed by atoms with E-state index in [1.54, 1.807) is 11.3 Å². The molecular formula is C26H25N3S. The maximum absolute atomic E-state index is 4.62. The zero-order chi connectivity index (χ0) is 21.1. The standard InChI is InChI=1S/C26H25N3S/c1-5-18(17-29(3)4)19-7-8-22-16-27-26(15-23(22)13-19)28-24(6-2)20-9-10-25-21(14-20)11-12-30-25/h5-17H,1H2,2-4H3,(H,27,28)/b18-17+,24-6+. The molecule has 0 unspecified atom stereocenters. The molecule has 0 aliphatic carbocycles. The number of benzene rings is 2.